The van der Waals surface area contributed by atoms with E-state index >= 15 is 4.39 Å². The van der Waals surface area contributed by atoms with Crippen molar-refractivity contribution in [3.63, 3.8) is 0 Å². The van der Waals surface area contributed by atoms with Gasteiger partial charge in [-0.2, -0.15) is 13.2 Å². The molecule has 0 saturated carbocycles. The number of nitrogens with one attached hydrogen (secondary N) is 1. The van der Waals surface area contributed by atoms with Crippen LogP contribution in [0.2, 0.25) is 0 Å². The van der Waals surface area contributed by atoms with E-state index in [2.05, 4.69) is 10.3 Å². The van der Waals surface area contributed by atoms with Gasteiger partial charge in [0.25, 0.3) is 5.91 Å². The van der Waals surface area contributed by atoms with Gasteiger partial charge in [0.2, 0.25) is 0 Å². The van der Waals surface area contributed by atoms with Crippen molar-refractivity contribution in [2.24, 2.45) is 22.5 Å². The van der Waals surface area contributed by atoms with E-state index in [1.54, 1.807) is 30.3 Å². The summed E-state index contributed by atoms with van der Waals surface area (Å²) in [6, 6.07) is 4.68. The fourth-order valence-corrected chi connectivity index (χ4v) is 4.68. The molecule has 2 heterocycles. The maximum Gasteiger partial charge on any atom is 0.398 e. The number of piperazine rings is 1. The van der Waals surface area contributed by atoms with Gasteiger partial charge in [-0.15, -0.1) is 0 Å². The number of hydrogen-bond acceptors (Lipinski definition) is 8. The smallest absolute Gasteiger partial charge is 0.398 e. The Bertz CT molecular complexity index is 1450. The number of methoxy groups -OCH3 is 1. The molecule has 1 aromatic rings. The van der Waals surface area contributed by atoms with Crippen LogP contribution in [-0.2, 0) is 4.74 Å². The molecule has 1 aliphatic carbocycles. The largest absolute Gasteiger partial charge is 0.495 e. The average Bonchev–Trinajstić information content (AvgIpc) is 3.30. The lowest BCUT2D eigenvalue weighted by Gasteiger charge is -2.35. The molecule has 0 spiro atoms. The lowest BCUT2D eigenvalue weighted by atomic mass is 10.1. The van der Waals surface area contributed by atoms with E-state index in [9.17, 15) is 18.0 Å². The number of nitrogens with zero attached hydrogens (tertiary/aromatic N) is 4. The van der Waals surface area contributed by atoms with Crippen molar-refractivity contribution in [3.05, 3.63) is 100 Å². The molecule has 1 saturated heterocycles. The van der Waals surface area contributed by atoms with Crippen molar-refractivity contribution < 1.29 is 27.1 Å². The molecule has 1 fully saturated rings. The van der Waals surface area contributed by atoms with Crippen molar-refractivity contribution in [1.29, 1.82) is 0 Å². The number of hydrogen-bond donors (Lipinski definition) is 3. The van der Waals surface area contributed by atoms with Gasteiger partial charge in [-0.3, -0.25) is 14.8 Å². The lowest BCUT2D eigenvalue weighted by Crippen LogP contribution is -2.44. The van der Waals surface area contributed by atoms with E-state index in [0.717, 1.165) is 6.08 Å². The topological polar surface area (TPSA) is 112 Å². The van der Waals surface area contributed by atoms with Gasteiger partial charge in [0.1, 0.15) is 11.6 Å². The van der Waals surface area contributed by atoms with Crippen LogP contribution in [0.3, 0.4) is 0 Å². The van der Waals surface area contributed by atoms with Crippen LogP contribution in [0.5, 0.6) is 0 Å². The summed E-state index contributed by atoms with van der Waals surface area (Å²) in [5.74, 6) is 2.99. The van der Waals surface area contributed by atoms with Crippen molar-refractivity contribution in [3.8, 4) is 0 Å². The van der Waals surface area contributed by atoms with Gasteiger partial charge in [-0.1, -0.05) is 6.07 Å². The molecular formula is C30H35F4N7O2. The summed E-state index contributed by atoms with van der Waals surface area (Å²) in [5.41, 5.74) is 8.41. The first-order valence-corrected chi connectivity index (χ1v) is 13.6. The second-order valence-corrected chi connectivity index (χ2v) is 10.4. The summed E-state index contributed by atoms with van der Waals surface area (Å²) in [6.07, 6.45) is 4.75. The number of aliphatic imine (C=N–C) groups is 1. The molecular weight excluding hydrogens is 566 g/mol. The molecule has 0 bridgehead atoms. The summed E-state index contributed by atoms with van der Waals surface area (Å²) in [5, 5.41) is 3.79. The Hall–Kier alpha value is -4.36. The summed E-state index contributed by atoms with van der Waals surface area (Å²) in [7, 11) is 3.45. The number of alkyl halides is 3. The number of rotatable bonds is 7. The first-order chi connectivity index (χ1) is 20.3. The van der Waals surface area contributed by atoms with Crippen LogP contribution < -0.4 is 21.9 Å². The van der Waals surface area contributed by atoms with E-state index in [1.807, 2.05) is 18.0 Å². The quantitative estimate of drug-likeness (QED) is 0.245. The number of hydrazine groups is 1. The van der Waals surface area contributed by atoms with Crippen LogP contribution >= 0.6 is 0 Å². The number of aryl methyl sites for hydroxylation is 1. The number of halogens is 4. The Morgan fingerprint density at radius 1 is 1.21 bits per heavy atom. The van der Waals surface area contributed by atoms with Crippen LogP contribution in [0.15, 0.2) is 94.1 Å². The zero-order chi connectivity index (χ0) is 31.3. The summed E-state index contributed by atoms with van der Waals surface area (Å²) in [4.78, 5) is 21.2. The molecule has 1 unspecified atom stereocenters. The molecule has 1 atom stereocenters. The molecule has 4 rings (SSSR count). The van der Waals surface area contributed by atoms with Crippen LogP contribution in [0.4, 0.5) is 23.2 Å². The van der Waals surface area contributed by atoms with Gasteiger partial charge in [0.15, 0.2) is 0 Å². The Labute approximate surface area is 247 Å². The monoisotopic (exact) mass is 601 g/mol. The van der Waals surface area contributed by atoms with Gasteiger partial charge >= 0.3 is 6.18 Å². The molecule has 13 heteroatoms. The van der Waals surface area contributed by atoms with Crippen molar-refractivity contribution >= 4 is 17.8 Å². The molecule has 3 aliphatic rings. The zero-order valence-corrected chi connectivity index (χ0v) is 24.2. The first-order valence-electron chi connectivity index (χ1n) is 13.6. The number of carbonyl (C=O) groups is 1. The Kier molecular flexibility index (Phi) is 9.77. The van der Waals surface area contributed by atoms with Crippen molar-refractivity contribution in [1.82, 2.24) is 15.1 Å². The summed E-state index contributed by atoms with van der Waals surface area (Å²) in [6.45, 7) is 3.88. The highest BCUT2D eigenvalue weighted by atomic mass is 19.4. The number of benzene rings is 1. The Morgan fingerprint density at radius 3 is 2.60 bits per heavy atom. The number of allylic oxidation sites excluding steroid dienone is 7. The first kappa shape index (κ1) is 31.6. The summed E-state index contributed by atoms with van der Waals surface area (Å²) < 4.78 is 61.6. The third kappa shape index (κ3) is 7.93. The van der Waals surface area contributed by atoms with E-state index in [-0.39, 0.29) is 17.0 Å². The van der Waals surface area contributed by atoms with Gasteiger partial charge in [0, 0.05) is 49.8 Å². The number of amides is 1. The minimum atomic E-state index is -4.75. The highest BCUT2D eigenvalue weighted by Gasteiger charge is 2.39. The molecule has 43 heavy (non-hydrogen) atoms. The second kappa shape index (κ2) is 13.3. The normalized spacial score (nSPS) is 20.2. The number of carbonyl (C=O) groups excluding carboxylic acids is 1. The molecule has 1 aromatic carbocycles. The number of ether oxygens (including phenoxy) is 1. The van der Waals surface area contributed by atoms with Crippen LogP contribution in [0.1, 0.15) is 22.3 Å². The van der Waals surface area contributed by atoms with Gasteiger partial charge in [-0.05, 0) is 68.0 Å². The predicted octanol–water partition coefficient (Wildman–Crippen LogP) is 4.15. The summed E-state index contributed by atoms with van der Waals surface area (Å²) >= 11 is 0. The zero-order valence-electron chi connectivity index (χ0n) is 24.2. The Balaban J connectivity index is 1.58. The standard InChI is InChI=1S/C30H35F4N7O2/c1-19-4-5-20(12-27(19)41(36)18-26(35)21-6-7-24(43-3)17-37-16-21)29(42)38-23-13-22(30(32,33)34)14-25(31)28(15-23)40-10-8-39(2)9-11-40/h4-5,7,12-18,22H,6,8-11,35-36H2,1-3H3,(H,38,42)/b26-18-. The van der Waals surface area contributed by atoms with E-state index in [0.29, 0.717) is 67.0 Å². The predicted molar refractivity (Wildman–Crippen MR) is 158 cm³/mol. The van der Waals surface area contributed by atoms with E-state index in [4.69, 9.17) is 16.3 Å². The molecule has 2 aliphatic heterocycles. The molecule has 0 radical (unpaired) electrons. The SMILES string of the molecule is COC1=CCC(/C(N)=C/N(N)c2cc(C(=O)NC3=CC(C(F)(F)F)C=C(F)C(N4CCN(C)CC4)=C3)ccc2C)=CN=C1. The minimum absolute atomic E-state index is 0.00522. The van der Waals surface area contributed by atoms with Crippen LogP contribution in [-0.4, -0.2) is 68.4 Å². The minimum Gasteiger partial charge on any atom is -0.495 e. The third-order valence-electron chi connectivity index (χ3n) is 7.29. The molecule has 5 N–H and O–H groups in total. The van der Waals surface area contributed by atoms with Crippen LogP contribution in [0.25, 0.3) is 0 Å². The maximum atomic E-state index is 15.1. The second-order valence-electron chi connectivity index (χ2n) is 10.4. The lowest BCUT2D eigenvalue weighted by molar-refractivity contribution is -0.149. The van der Waals surface area contributed by atoms with Gasteiger partial charge in [-0.25, -0.2) is 10.2 Å². The van der Waals surface area contributed by atoms with Crippen molar-refractivity contribution in [2.75, 3.05) is 45.3 Å². The number of anilines is 1. The highest BCUT2D eigenvalue weighted by Crippen LogP contribution is 2.35. The van der Waals surface area contributed by atoms with E-state index in [1.165, 1.54) is 36.5 Å². The number of nitrogens with two attached hydrogens (primary N) is 2. The fourth-order valence-electron chi connectivity index (χ4n) is 4.68. The van der Waals surface area contributed by atoms with Gasteiger partial charge < -0.3 is 25.6 Å². The molecule has 1 amide bonds. The number of likely N-dealkylation sites (N-methyl/N-ethyl adjacent to an activating group) is 1. The van der Waals surface area contributed by atoms with Crippen LogP contribution in [0, 0.1) is 12.8 Å². The highest BCUT2D eigenvalue weighted by molar-refractivity contribution is 5.96. The third-order valence-corrected chi connectivity index (χ3v) is 7.29. The maximum absolute atomic E-state index is 15.1. The molecule has 0 aromatic heterocycles. The Morgan fingerprint density at radius 2 is 1.93 bits per heavy atom. The molecule has 230 valence electrons. The average molecular weight is 602 g/mol. The van der Waals surface area contributed by atoms with Crippen molar-refractivity contribution in [2.45, 2.75) is 19.5 Å². The van der Waals surface area contributed by atoms with E-state index < -0.39 is 23.8 Å². The fraction of sp³-hybridized carbons (Fsp3) is 0.333. The molecule has 9 nitrogen and oxygen atoms in total. The van der Waals surface area contributed by atoms with Gasteiger partial charge in [0.05, 0.1) is 36.3 Å².